The minimum atomic E-state index is -0.572. The number of methoxy groups -OCH3 is 1. The quantitative estimate of drug-likeness (QED) is 0.794. The van der Waals surface area contributed by atoms with E-state index in [9.17, 15) is 5.11 Å². The summed E-state index contributed by atoms with van der Waals surface area (Å²) in [5.41, 5.74) is 1.89. The van der Waals surface area contributed by atoms with Crippen LogP contribution in [0.25, 0.3) is 0 Å². The van der Waals surface area contributed by atoms with E-state index < -0.39 is 6.10 Å². The third kappa shape index (κ3) is 3.84. The maximum Gasteiger partial charge on any atom is 0.119 e. The molecule has 1 atom stereocenters. The summed E-state index contributed by atoms with van der Waals surface area (Å²) in [5.74, 6) is 0.797. The Hall–Kier alpha value is -0.780. The van der Waals surface area contributed by atoms with Crippen molar-refractivity contribution in [2.75, 3.05) is 7.11 Å². The Labute approximate surface area is 131 Å². The van der Waals surface area contributed by atoms with Crippen molar-refractivity contribution in [3.8, 4) is 5.75 Å². The van der Waals surface area contributed by atoms with E-state index in [1.54, 1.807) is 7.11 Å². The highest BCUT2D eigenvalue weighted by Crippen LogP contribution is 2.27. The van der Waals surface area contributed by atoms with Crippen molar-refractivity contribution in [1.82, 2.24) is 0 Å². The molecule has 0 aliphatic rings. The lowest BCUT2D eigenvalue weighted by Gasteiger charge is -2.14. The van der Waals surface area contributed by atoms with E-state index in [1.165, 1.54) is 0 Å². The van der Waals surface area contributed by atoms with E-state index in [0.717, 1.165) is 20.4 Å². The number of halogens is 2. The lowest BCUT2D eigenvalue weighted by atomic mass is 10.0. The van der Waals surface area contributed by atoms with Crippen LogP contribution in [0.4, 0.5) is 0 Å². The van der Waals surface area contributed by atoms with Crippen LogP contribution in [0.15, 0.2) is 42.5 Å². The normalized spacial score (nSPS) is 12.2. The molecule has 0 aromatic heterocycles. The van der Waals surface area contributed by atoms with Crippen molar-refractivity contribution in [3.05, 3.63) is 62.2 Å². The molecule has 0 heterocycles. The summed E-state index contributed by atoms with van der Waals surface area (Å²) in [6.45, 7) is 0. The molecule has 100 valence electrons. The number of aliphatic hydroxyl groups is 1. The molecule has 0 amide bonds. The Kier molecular flexibility index (Phi) is 5.07. The molecule has 2 rings (SSSR count). The standard InChI is InChI=1S/C15H14ClIO2/c1-19-12-4-2-3-10(7-12)8-15(18)13-9-11(16)5-6-14(13)17/h2-7,9,15,18H,8H2,1H3. The third-order valence-corrected chi connectivity index (χ3v) is 4.10. The van der Waals surface area contributed by atoms with E-state index in [-0.39, 0.29) is 0 Å². The van der Waals surface area contributed by atoms with Crippen LogP contribution in [0.1, 0.15) is 17.2 Å². The van der Waals surface area contributed by atoms with Crippen LogP contribution in [0.3, 0.4) is 0 Å². The molecule has 4 heteroatoms. The number of hydrogen-bond donors (Lipinski definition) is 1. The van der Waals surface area contributed by atoms with Gasteiger partial charge in [0.25, 0.3) is 0 Å². The average molecular weight is 389 g/mol. The van der Waals surface area contributed by atoms with Gasteiger partial charge in [-0.25, -0.2) is 0 Å². The molecule has 19 heavy (non-hydrogen) atoms. The van der Waals surface area contributed by atoms with Gasteiger partial charge in [-0.05, 0) is 64.0 Å². The van der Waals surface area contributed by atoms with Crippen molar-refractivity contribution < 1.29 is 9.84 Å². The van der Waals surface area contributed by atoms with Gasteiger partial charge in [0, 0.05) is 15.0 Å². The van der Waals surface area contributed by atoms with E-state index in [1.807, 2.05) is 42.5 Å². The van der Waals surface area contributed by atoms with Crippen molar-refractivity contribution in [2.45, 2.75) is 12.5 Å². The van der Waals surface area contributed by atoms with Gasteiger partial charge in [-0.2, -0.15) is 0 Å². The number of benzene rings is 2. The van der Waals surface area contributed by atoms with Gasteiger partial charge in [0.2, 0.25) is 0 Å². The molecule has 0 bridgehead atoms. The minimum Gasteiger partial charge on any atom is -0.497 e. The molecule has 1 N–H and O–H groups in total. The summed E-state index contributed by atoms with van der Waals surface area (Å²) in [4.78, 5) is 0. The highest BCUT2D eigenvalue weighted by atomic mass is 127. The summed E-state index contributed by atoms with van der Waals surface area (Å²) in [6, 6.07) is 13.3. The summed E-state index contributed by atoms with van der Waals surface area (Å²) in [7, 11) is 1.63. The van der Waals surface area contributed by atoms with Gasteiger partial charge in [-0.1, -0.05) is 23.7 Å². The Morgan fingerprint density at radius 1 is 1.26 bits per heavy atom. The number of rotatable bonds is 4. The maximum absolute atomic E-state index is 10.3. The van der Waals surface area contributed by atoms with Gasteiger partial charge in [0.15, 0.2) is 0 Å². The predicted octanol–water partition coefficient (Wildman–Crippen LogP) is 4.23. The Morgan fingerprint density at radius 3 is 2.79 bits per heavy atom. The molecule has 0 aliphatic heterocycles. The van der Waals surface area contributed by atoms with Crippen molar-refractivity contribution >= 4 is 34.2 Å². The van der Waals surface area contributed by atoms with Crippen LogP contribution in [-0.4, -0.2) is 12.2 Å². The second kappa shape index (κ2) is 6.59. The van der Waals surface area contributed by atoms with Crippen LogP contribution in [0.5, 0.6) is 5.75 Å². The van der Waals surface area contributed by atoms with Crippen LogP contribution in [0, 0.1) is 3.57 Å². The Bertz CT molecular complexity index is 572. The Morgan fingerprint density at radius 2 is 2.05 bits per heavy atom. The highest BCUT2D eigenvalue weighted by Gasteiger charge is 2.13. The largest absolute Gasteiger partial charge is 0.497 e. The molecule has 0 spiro atoms. The van der Waals surface area contributed by atoms with Crippen LogP contribution in [0.2, 0.25) is 5.02 Å². The molecule has 0 fully saturated rings. The zero-order valence-corrected chi connectivity index (χ0v) is 13.4. The van der Waals surface area contributed by atoms with E-state index in [0.29, 0.717) is 11.4 Å². The number of ether oxygens (including phenoxy) is 1. The summed E-state index contributed by atoms with van der Waals surface area (Å²) >= 11 is 8.18. The first kappa shape index (κ1) is 14.6. The fraction of sp³-hybridized carbons (Fsp3) is 0.200. The summed E-state index contributed by atoms with van der Waals surface area (Å²) in [5, 5.41) is 11.0. The molecule has 2 aromatic carbocycles. The first-order chi connectivity index (χ1) is 9.10. The van der Waals surface area contributed by atoms with E-state index >= 15 is 0 Å². The van der Waals surface area contributed by atoms with E-state index in [4.69, 9.17) is 16.3 Å². The first-order valence-electron chi connectivity index (χ1n) is 5.86. The SMILES string of the molecule is COc1cccc(CC(O)c2cc(Cl)ccc2I)c1. The van der Waals surface area contributed by atoms with Crippen molar-refractivity contribution in [2.24, 2.45) is 0 Å². The second-order valence-corrected chi connectivity index (χ2v) is 5.84. The molecule has 2 nitrogen and oxygen atoms in total. The van der Waals surface area contributed by atoms with Crippen molar-refractivity contribution in [1.29, 1.82) is 0 Å². The van der Waals surface area contributed by atoms with Gasteiger partial charge >= 0.3 is 0 Å². The monoisotopic (exact) mass is 388 g/mol. The summed E-state index contributed by atoms with van der Waals surface area (Å²) in [6.07, 6.45) is -0.0363. The molecular weight excluding hydrogens is 375 g/mol. The van der Waals surface area contributed by atoms with Gasteiger partial charge in [-0.3, -0.25) is 0 Å². The minimum absolute atomic E-state index is 0.535. The molecule has 0 saturated heterocycles. The van der Waals surface area contributed by atoms with E-state index in [2.05, 4.69) is 22.6 Å². The smallest absolute Gasteiger partial charge is 0.119 e. The van der Waals surface area contributed by atoms with Gasteiger partial charge in [0.05, 0.1) is 13.2 Å². The second-order valence-electron chi connectivity index (χ2n) is 4.24. The summed E-state index contributed by atoms with van der Waals surface area (Å²) < 4.78 is 6.19. The molecule has 0 saturated carbocycles. The zero-order valence-electron chi connectivity index (χ0n) is 10.4. The first-order valence-corrected chi connectivity index (χ1v) is 7.32. The third-order valence-electron chi connectivity index (χ3n) is 2.88. The Balaban J connectivity index is 2.20. The average Bonchev–Trinajstić information content (AvgIpc) is 2.41. The topological polar surface area (TPSA) is 29.5 Å². The highest BCUT2D eigenvalue weighted by molar-refractivity contribution is 14.1. The lowest BCUT2D eigenvalue weighted by Crippen LogP contribution is -2.04. The zero-order chi connectivity index (χ0) is 13.8. The fourth-order valence-corrected chi connectivity index (χ4v) is 2.78. The lowest BCUT2D eigenvalue weighted by molar-refractivity contribution is 0.177. The molecular formula is C15H14ClIO2. The van der Waals surface area contributed by atoms with Crippen LogP contribution >= 0.6 is 34.2 Å². The molecule has 1 unspecified atom stereocenters. The van der Waals surface area contributed by atoms with Crippen molar-refractivity contribution in [3.63, 3.8) is 0 Å². The molecule has 0 aliphatic carbocycles. The fourth-order valence-electron chi connectivity index (χ4n) is 1.90. The number of hydrogen-bond acceptors (Lipinski definition) is 2. The van der Waals surface area contributed by atoms with Gasteiger partial charge in [0.1, 0.15) is 5.75 Å². The van der Waals surface area contributed by atoms with Crippen LogP contribution in [-0.2, 0) is 6.42 Å². The van der Waals surface area contributed by atoms with Gasteiger partial charge < -0.3 is 9.84 Å². The van der Waals surface area contributed by atoms with Crippen LogP contribution < -0.4 is 4.74 Å². The maximum atomic E-state index is 10.3. The number of aliphatic hydroxyl groups excluding tert-OH is 1. The molecule has 2 aromatic rings. The molecule has 0 radical (unpaired) electrons. The predicted molar refractivity (Wildman–Crippen MR) is 85.8 cm³/mol. The van der Waals surface area contributed by atoms with Gasteiger partial charge in [-0.15, -0.1) is 0 Å².